The summed E-state index contributed by atoms with van der Waals surface area (Å²) >= 11 is 0. The van der Waals surface area contributed by atoms with Crippen LogP contribution in [0.5, 0.6) is 5.75 Å². The maximum absolute atomic E-state index is 12.8. The molecule has 0 amide bonds. The lowest BCUT2D eigenvalue weighted by molar-refractivity contribution is 0.280. The van der Waals surface area contributed by atoms with Crippen molar-refractivity contribution in [2.45, 2.75) is 24.7 Å². The number of para-hydroxylation sites is 1. The van der Waals surface area contributed by atoms with Gasteiger partial charge < -0.3 is 4.74 Å². The van der Waals surface area contributed by atoms with E-state index in [1.54, 1.807) is 16.4 Å². The van der Waals surface area contributed by atoms with Crippen LogP contribution in [0.15, 0.2) is 59.5 Å². The molecule has 2 aromatic carbocycles. The molecule has 4 nitrogen and oxygen atoms in total. The largest absolute Gasteiger partial charge is 0.494 e. The van der Waals surface area contributed by atoms with Gasteiger partial charge in [0, 0.05) is 13.1 Å². The van der Waals surface area contributed by atoms with Gasteiger partial charge in [0.1, 0.15) is 5.75 Å². The van der Waals surface area contributed by atoms with Crippen molar-refractivity contribution in [2.75, 3.05) is 19.7 Å². The first-order chi connectivity index (χ1) is 11.6. The molecule has 0 N–H and O–H groups in total. The Morgan fingerprint density at radius 2 is 1.79 bits per heavy atom. The van der Waals surface area contributed by atoms with Gasteiger partial charge >= 0.3 is 0 Å². The maximum atomic E-state index is 12.8. The fraction of sp³-hybridized carbons (Fsp3) is 0.368. The highest BCUT2D eigenvalue weighted by Crippen LogP contribution is 2.27. The second-order valence-electron chi connectivity index (χ2n) is 6.23. The minimum Gasteiger partial charge on any atom is -0.494 e. The van der Waals surface area contributed by atoms with Crippen LogP contribution in [0.4, 0.5) is 0 Å². The lowest BCUT2D eigenvalue weighted by Crippen LogP contribution is -2.29. The van der Waals surface area contributed by atoms with Crippen molar-refractivity contribution in [3.05, 3.63) is 60.2 Å². The van der Waals surface area contributed by atoms with Crippen LogP contribution in [-0.4, -0.2) is 32.4 Å². The van der Waals surface area contributed by atoms with Crippen LogP contribution in [0, 0.1) is 12.8 Å². The summed E-state index contributed by atoms with van der Waals surface area (Å²) in [4.78, 5) is 0.422. The third kappa shape index (κ3) is 3.79. The standard InChI is InChI=1S/C19H23NO3S/c1-16-7-5-6-10-19(16)24(21,22)20-13-11-17(15-20)12-14-23-18-8-3-2-4-9-18/h2-10,17H,11-15H2,1H3. The third-order valence-corrected chi connectivity index (χ3v) is 6.52. The quantitative estimate of drug-likeness (QED) is 0.805. The van der Waals surface area contributed by atoms with E-state index in [0.717, 1.165) is 24.2 Å². The predicted molar refractivity (Wildman–Crippen MR) is 94.6 cm³/mol. The van der Waals surface area contributed by atoms with Crippen molar-refractivity contribution in [1.29, 1.82) is 0 Å². The fourth-order valence-corrected chi connectivity index (χ4v) is 4.85. The number of nitrogens with zero attached hydrogens (tertiary/aromatic N) is 1. The molecular weight excluding hydrogens is 322 g/mol. The molecule has 5 heteroatoms. The van der Waals surface area contributed by atoms with Crippen LogP contribution in [0.1, 0.15) is 18.4 Å². The molecule has 3 rings (SSSR count). The maximum Gasteiger partial charge on any atom is 0.243 e. The van der Waals surface area contributed by atoms with E-state index in [2.05, 4.69) is 0 Å². The smallest absolute Gasteiger partial charge is 0.243 e. The molecule has 1 heterocycles. The van der Waals surface area contributed by atoms with Crippen molar-refractivity contribution in [3.63, 3.8) is 0 Å². The lowest BCUT2D eigenvalue weighted by Gasteiger charge is -2.18. The highest BCUT2D eigenvalue weighted by atomic mass is 32.2. The number of ether oxygens (including phenoxy) is 1. The van der Waals surface area contributed by atoms with E-state index >= 15 is 0 Å². The van der Waals surface area contributed by atoms with E-state index < -0.39 is 10.0 Å². The minimum atomic E-state index is -3.39. The van der Waals surface area contributed by atoms with Gasteiger partial charge in [-0.3, -0.25) is 0 Å². The second kappa shape index (κ2) is 7.36. The molecule has 1 fully saturated rings. The van der Waals surface area contributed by atoms with Crippen molar-refractivity contribution in [3.8, 4) is 5.75 Å². The Kier molecular flexibility index (Phi) is 5.21. The molecule has 0 aliphatic carbocycles. The number of aryl methyl sites for hydroxylation is 1. The zero-order chi connectivity index (χ0) is 17.0. The molecular formula is C19H23NO3S. The molecule has 24 heavy (non-hydrogen) atoms. The second-order valence-corrected chi connectivity index (χ2v) is 8.14. The Morgan fingerprint density at radius 3 is 2.54 bits per heavy atom. The van der Waals surface area contributed by atoms with Crippen molar-refractivity contribution >= 4 is 10.0 Å². The van der Waals surface area contributed by atoms with Crippen molar-refractivity contribution in [1.82, 2.24) is 4.31 Å². The SMILES string of the molecule is Cc1ccccc1S(=O)(=O)N1CCC(CCOc2ccccc2)C1. The first-order valence-corrected chi connectivity index (χ1v) is 9.75. The molecule has 0 saturated carbocycles. The Bertz CT molecular complexity index is 774. The summed E-state index contributed by atoms with van der Waals surface area (Å²) in [5.74, 6) is 1.22. The topological polar surface area (TPSA) is 46.6 Å². The van der Waals surface area contributed by atoms with Crippen molar-refractivity contribution in [2.24, 2.45) is 5.92 Å². The molecule has 1 saturated heterocycles. The van der Waals surface area contributed by atoms with Gasteiger partial charge in [-0.25, -0.2) is 8.42 Å². The van der Waals surface area contributed by atoms with E-state index in [-0.39, 0.29) is 0 Å². The molecule has 1 atom stereocenters. The first kappa shape index (κ1) is 17.0. The Labute approximate surface area is 144 Å². The van der Waals surface area contributed by atoms with Gasteiger partial charge in [-0.15, -0.1) is 0 Å². The molecule has 1 aliphatic heterocycles. The summed E-state index contributed by atoms with van der Waals surface area (Å²) in [6, 6.07) is 16.9. The third-order valence-electron chi connectivity index (χ3n) is 4.50. The number of benzene rings is 2. The van der Waals surface area contributed by atoms with E-state index in [1.165, 1.54) is 0 Å². The van der Waals surface area contributed by atoms with Gasteiger partial charge in [-0.05, 0) is 49.4 Å². The summed E-state index contributed by atoms with van der Waals surface area (Å²) in [5, 5.41) is 0. The average Bonchev–Trinajstić information content (AvgIpc) is 3.06. The Morgan fingerprint density at radius 1 is 1.08 bits per heavy atom. The summed E-state index contributed by atoms with van der Waals surface area (Å²) < 4.78 is 32.9. The summed E-state index contributed by atoms with van der Waals surface area (Å²) in [5.41, 5.74) is 0.799. The van der Waals surface area contributed by atoms with Gasteiger partial charge in [0.15, 0.2) is 0 Å². The Balaban J connectivity index is 1.56. The van der Waals surface area contributed by atoms with Crippen LogP contribution in [0.3, 0.4) is 0 Å². The van der Waals surface area contributed by atoms with Gasteiger partial charge in [0.05, 0.1) is 11.5 Å². The zero-order valence-corrected chi connectivity index (χ0v) is 14.7. The molecule has 2 aromatic rings. The van der Waals surface area contributed by atoms with Gasteiger partial charge in [-0.2, -0.15) is 4.31 Å². The zero-order valence-electron chi connectivity index (χ0n) is 13.9. The number of hydrogen-bond acceptors (Lipinski definition) is 3. The molecule has 0 spiro atoms. The minimum absolute atomic E-state index is 0.354. The molecule has 0 bridgehead atoms. The highest BCUT2D eigenvalue weighted by molar-refractivity contribution is 7.89. The summed E-state index contributed by atoms with van der Waals surface area (Å²) in [6.07, 6.45) is 1.76. The van der Waals surface area contributed by atoms with E-state index in [1.807, 2.05) is 49.4 Å². The van der Waals surface area contributed by atoms with E-state index in [0.29, 0.717) is 30.5 Å². The van der Waals surface area contributed by atoms with Crippen molar-refractivity contribution < 1.29 is 13.2 Å². The van der Waals surface area contributed by atoms with Crippen LogP contribution in [0.2, 0.25) is 0 Å². The van der Waals surface area contributed by atoms with Crippen LogP contribution in [0.25, 0.3) is 0 Å². The van der Waals surface area contributed by atoms with Gasteiger partial charge in [0.25, 0.3) is 0 Å². The fourth-order valence-electron chi connectivity index (χ4n) is 3.10. The lowest BCUT2D eigenvalue weighted by atomic mass is 10.1. The normalized spacial score (nSPS) is 18.6. The van der Waals surface area contributed by atoms with Crippen LogP contribution in [-0.2, 0) is 10.0 Å². The van der Waals surface area contributed by atoms with Gasteiger partial charge in [0.2, 0.25) is 10.0 Å². The molecule has 1 unspecified atom stereocenters. The van der Waals surface area contributed by atoms with Crippen LogP contribution >= 0.6 is 0 Å². The molecule has 128 valence electrons. The number of sulfonamides is 1. The summed E-state index contributed by atoms with van der Waals surface area (Å²) in [7, 11) is -3.39. The van der Waals surface area contributed by atoms with Gasteiger partial charge in [-0.1, -0.05) is 36.4 Å². The molecule has 1 aliphatic rings. The molecule has 0 aromatic heterocycles. The average molecular weight is 345 g/mol. The number of rotatable bonds is 6. The summed E-state index contributed by atoms with van der Waals surface area (Å²) in [6.45, 7) is 3.63. The molecule has 0 radical (unpaired) electrons. The Hall–Kier alpha value is -1.85. The number of hydrogen-bond donors (Lipinski definition) is 0. The predicted octanol–water partition coefficient (Wildman–Crippen LogP) is 3.47. The van der Waals surface area contributed by atoms with Crippen LogP contribution < -0.4 is 4.74 Å². The monoisotopic (exact) mass is 345 g/mol. The van der Waals surface area contributed by atoms with E-state index in [4.69, 9.17) is 4.74 Å². The van der Waals surface area contributed by atoms with E-state index in [9.17, 15) is 8.42 Å². The highest BCUT2D eigenvalue weighted by Gasteiger charge is 2.33. The first-order valence-electron chi connectivity index (χ1n) is 8.31.